The van der Waals surface area contributed by atoms with Crippen LogP contribution in [0.2, 0.25) is 0 Å². The smallest absolute Gasteiger partial charge is 0.324 e. The minimum atomic E-state index is -0.717. The number of anilines is 2. The van der Waals surface area contributed by atoms with Crippen molar-refractivity contribution >= 4 is 23.4 Å². The minimum Gasteiger partial charge on any atom is -0.478 e. The average molecular weight is 426 g/mol. The van der Waals surface area contributed by atoms with E-state index in [4.69, 9.17) is 9.47 Å². The summed E-state index contributed by atoms with van der Waals surface area (Å²) in [5, 5.41) is 7.31. The van der Waals surface area contributed by atoms with Gasteiger partial charge in [-0.05, 0) is 25.1 Å². The van der Waals surface area contributed by atoms with Crippen LogP contribution in [0.4, 0.5) is 20.7 Å². The number of urea groups is 1. The van der Waals surface area contributed by atoms with Crippen LogP contribution >= 0.6 is 0 Å². The van der Waals surface area contributed by atoms with Gasteiger partial charge in [-0.25, -0.2) is 19.2 Å². The van der Waals surface area contributed by atoms with Gasteiger partial charge in [-0.2, -0.15) is 0 Å². The van der Waals surface area contributed by atoms with Crippen LogP contribution in [0, 0.1) is 5.82 Å². The summed E-state index contributed by atoms with van der Waals surface area (Å²) in [6.45, 7) is 2.21. The molecule has 0 radical (unpaired) electrons. The molecule has 0 bridgehead atoms. The SMILES string of the molecule is CCOc1cc(NC(=O)Nc2ccc(Oc3ccnc(C(=O)NC)c3)cc2F)ncn1. The Hall–Kier alpha value is -4.28. The van der Waals surface area contributed by atoms with Gasteiger partial charge in [-0.3, -0.25) is 15.1 Å². The molecule has 3 rings (SSSR count). The fraction of sp³-hybridized carbons (Fsp3) is 0.150. The predicted octanol–water partition coefficient (Wildman–Crippen LogP) is 3.21. The van der Waals surface area contributed by atoms with Gasteiger partial charge in [-0.15, -0.1) is 0 Å². The first-order valence-corrected chi connectivity index (χ1v) is 9.17. The molecule has 3 aromatic rings. The van der Waals surface area contributed by atoms with Crippen LogP contribution in [0.25, 0.3) is 0 Å². The van der Waals surface area contributed by atoms with E-state index in [0.717, 1.165) is 6.07 Å². The summed E-state index contributed by atoms with van der Waals surface area (Å²) in [7, 11) is 1.48. The lowest BCUT2D eigenvalue weighted by Gasteiger charge is -2.11. The highest BCUT2D eigenvalue weighted by Gasteiger charge is 2.11. The van der Waals surface area contributed by atoms with Gasteiger partial charge >= 0.3 is 6.03 Å². The highest BCUT2D eigenvalue weighted by Crippen LogP contribution is 2.26. The van der Waals surface area contributed by atoms with E-state index in [2.05, 4.69) is 30.9 Å². The quantitative estimate of drug-likeness (QED) is 0.529. The van der Waals surface area contributed by atoms with E-state index in [1.54, 1.807) is 6.92 Å². The molecule has 2 heterocycles. The van der Waals surface area contributed by atoms with Gasteiger partial charge in [0.2, 0.25) is 5.88 Å². The maximum Gasteiger partial charge on any atom is 0.324 e. The Morgan fingerprint density at radius 2 is 1.84 bits per heavy atom. The van der Waals surface area contributed by atoms with Crippen molar-refractivity contribution < 1.29 is 23.5 Å². The molecule has 0 saturated carbocycles. The summed E-state index contributed by atoms with van der Waals surface area (Å²) >= 11 is 0. The lowest BCUT2D eigenvalue weighted by atomic mass is 10.2. The van der Waals surface area contributed by atoms with Gasteiger partial charge in [-0.1, -0.05) is 0 Å². The Kier molecular flexibility index (Phi) is 6.89. The Bertz CT molecular complexity index is 1090. The number of rotatable bonds is 7. The molecule has 31 heavy (non-hydrogen) atoms. The van der Waals surface area contributed by atoms with Crippen molar-refractivity contribution in [3.8, 4) is 17.4 Å². The molecule has 160 valence electrons. The third-order valence-corrected chi connectivity index (χ3v) is 3.79. The van der Waals surface area contributed by atoms with Gasteiger partial charge < -0.3 is 20.1 Å². The van der Waals surface area contributed by atoms with Crippen molar-refractivity contribution in [2.45, 2.75) is 6.92 Å². The zero-order valence-electron chi connectivity index (χ0n) is 16.7. The van der Waals surface area contributed by atoms with Crippen LogP contribution in [0.3, 0.4) is 0 Å². The number of nitrogens with one attached hydrogen (secondary N) is 3. The maximum absolute atomic E-state index is 14.4. The Morgan fingerprint density at radius 1 is 1.03 bits per heavy atom. The fourth-order valence-corrected chi connectivity index (χ4v) is 2.43. The lowest BCUT2D eigenvalue weighted by Crippen LogP contribution is -2.21. The van der Waals surface area contributed by atoms with Crippen LogP contribution in [-0.4, -0.2) is 40.5 Å². The Labute approximate surface area is 176 Å². The van der Waals surface area contributed by atoms with E-state index in [9.17, 15) is 14.0 Å². The topological polar surface area (TPSA) is 127 Å². The molecule has 0 spiro atoms. The summed E-state index contributed by atoms with van der Waals surface area (Å²) in [6.07, 6.45) is 2.64. The van der Waals surface area contributed by atoms with Crippen LogP contribution in [0.15, 0.2) is 48.9 Å². The van der Waals surface area contributed by atoms with E-state index in [1.807, 2.05) is 0 Å². The van der Waals surface area contributed by atoms with Crippen molar-refractivity contribution in [3.63, 3.8) is 0 Å². The predicted molar refractivity (Wildman–Crippen MR) is 110 cm³/mol. The number of pyridine rings is 1. The number of hydrogen-bond donors (Lipinski definition) is 3. The van der Waals surface area contributed by atoms with Crippen molar-refractivity contribution in [1.29, 1.82) is 0 Å². The fourth-order valence-electron chi connectivity index (χ4n) is 2.43. The van der Waals surface area contributed by atoms with Crippen molar-refractivity contribution in [2.75, 3.05) is 24.3 Å². The van der Waals surface area contributed by atoms with Crippen LogP contribution < -0.4 is 25.4 Å². The van der Waals surface area contributed by atoms with Crippen molar-refractivity contribution in [2.24, 2.45) is 0 Å². The summed E-state index contributed by atoms with van der Waals surface area (Å²) in [5.41, 5.74) is 0.0948. The summed E-state index contributed by atoms with van der Waals surface area (Å²) in [6, 6.07) is 7.62. The second-order valence-electron chi connectivity index (χ2n) is 5.95. The molecule has 3 N–H and O–H groups in total. The Balaban J connectivity index is 1.65. The van der Waals surface area contributed by atoms with E-state index in [-0.39, 0.29) is 28.9 Å². The minimum absolute atomic E-state index is 0.0651. The molecule has 0 atom stereocenters. The van der Waals surface area contributed by atoms with Gasteiger partial charge in [0.1, 0.15) is 35.2 Å². The summed E-state index contributed by atoms with van der Waals surface area (Å²) in [4.78, 5) is 35.5. The molecule has 0 aliphatic carbocycles. The van der Waals surface area contributed by atoms with E-state index in [0.29, 0.717) is 18.2 Å². The first-order chi connectivity index (χ1) is 15.0. The number of amides is 3. The number of carbonyl (C=O) groups is 2. The van der Waals surface area contributed by atoms with Gasteiger partial charge in [0.15, 0.2) is 0 Å². The standard InChI is InChI=1S/C20H19FN6O4/c1-3-30-18-10-17(24-11-25-18)27-20(29)26-15-5-4-12(8-14(15)21)31-13-6-7-23-16(9-13)19(28)22-2/h4-11H,3H2,1-2H3,(H,22,28)(H2,24,25,26,27,29). The molecule has 3 amide bonds. The zero-order chi connectivity index (χ0) is 22.2. The van der Waals surface area contributed by atoms with Gasteiger partial charge in [0, 0.05) is 31.4 Å². The largest absolute Gasteiger partial charge is 0.478 e. The second-order valence-corrected chi connectivity index (χ2v) is 5.95. The second kappa shape index (κ2) is 9.96. The third kappa shape index (κ3) is 5.85. The molecule has 0 fully saturated rings. The van der Waals surface area contributed by atoms with Crippen molar-refractivity contribution in [3.05, 3.63) is 60.4 Å². The number of carbonyl (C=O) groups excluding carboxylic acids is 2. The molecule has 2 aromatic heterocycles. The zero-order valence-corrected chi connectivity index (χ0v) is 16.7. The lowest BCUT2D eigenvalue weighted by molar-refractivity contribution is 0.0957. The molecular formula is C20H19FN6O4. The molecule has 1 aromatic carbocycles. The highest BCUT2D eigenvalue weighted by molar-refractivity contribution is 5.99. The molecule has 0 saturated heterocycles. The average Bonchev–Trinajstić information content (AvgIpc) is 2.76. The maximum atomic E-state index is 14.4. The summed E-state index contributed by atoms with van der Waals surface area (Å²) < 4.78 is 25.2. The number of aromatic nitrogens is 3. The molecule has 0 aliphatic heterocycles. The monoisotopic (exact) mass is 426 g/mol. The normalized spacial score (nSPS) is 10.2. The van der Waals surface area contributed by atoms with E-state index in [1.165, 1.54) is 49.9 Å². The molecule has 11 heteroatoms. The van der Waals surface area contributed by atoms with Gasteiger partial charge in [0.25, 0.3) is 5.91 Å². The molecule has 10 nitrogen and oxygen atoms in total. The Morgan fingerprint density at radius 3 is 2.58 bits per heavy atom. The van der Waals surface area contributed by atoms with Crippen LogP contribution in [0.1, 0.15) is 17.4 Å². The van der Waals surface area contributed by atoms with Crippen molar-refractivity contribution in [1.82, 2.24) is 20.3 Å². The molecular weight excluding hydrogens is 407 g/mol. The number of benzene rings is 1. The summed E-state index contributed by atoms with van der Waals surface area (Å²) in [5.74, 6) is -0.114. The number of halogens is 1. The van der Waals surface area contributed by atoms with E-state index >= 15 is 0 Å². The third-order valence-electron chi connectivity index (χ3n) is 3.79. The van der Waals surface area contributed by atoms with Crippen LogP contribution in [-0.2, 0) is 0 Å². The number of hydrogen-bond acceptors (Lipinski definition) is 7. The highest BCUT2D eigenvalue weighted by atomic mass is 19.1. The van der Waals surface area contributed by atoms with Crippen LogP contribution in [0.5, 0.6) is 17.4 Å². The first-order valence-electron chi connectivity index (χ1n) is 9.17. The van der Waals surface area contributed by atoms with E-state index < -0.39 is 11.8 Å². The number of ether oxygens (including phenoxy) is 2. The first kappa shape index (κ1) is 21.4. The molecule has 0 unspecified atom stereocenters. The molecule has 0 aliphatic rings. The number of nitrogens with zero attached hydrogens (tertiary/aromatic N) is 3. The van der Waals surface area contributed by atoms with Gasteiger partial charge in [0.05, 0.1) is 12.3 Å².